The van der Waals surface area contributed by atoms with Gasteiger partial charge in [-0.05, 0) is 18.6 Å². The third-order valence-electron chi connectivity index (χ3n) is 2.23. The van der Waals surface area contributed by atoms with Crippen molar-refractivity contribution in [3.8, 4) is 0 Å². The second-order valence-corrected chi connectivity index (χ2v) is 3.15. The molecule has 4 nitrogen and oxygen atoms in total. The second-order valence-electron chi connectivity index (χ2n) is 3.15. The largest absolute Gasteiger partial charge is 0.396 e. The molecule has 1 aromatic heterocycles. The lowest BCUT2D eigenvalue weighted by Gasteiger charge is -2.26. The predicted molar refractivity (Wildman–Crippen MR) is 55.2 cm³/mol. The molecule has 1 heterocycles. The topological polar surface area (TPSA) is 56.6 Å². The standard InChI is InChI=1S/C10H16N2O2/c1-12(9(8-14)5-7-13)10-4-2-3-6-11-10/h2-4,6,9,13-14H,5,7-8H2,1H3. The average Bonchev–Trinajstić information content (AvgIpc) is 2.26. The van der Waals surface area contributed by atoms with Crippen LogP contribution in [0.5, 0.6) is 0 Å². The number of nitrogens with zero attached hydrogens (tertiary/aromatic N) is 2. The Balaban J connectivity index is 2.67. The summed E-state index contributed by atoms with van der Waals surface area (Å²) in [7, 11) is 1.86. The Morgan fingerprint density at radius 2 is 2.21 bits per heavy atom. The van der Waals surface area contributed by atoms with Crippen molar-refractivity contribution in [1.82, 2.24) is 4.98 Å². The number of pyridine rings is 1. The van der Waals surface area contributed by atoms with E-state index >= 15 is 0 Å². The molecule has 0 saturated heterocycles. The highest BCUT2D eigenvalue weighted by Crippen LogP contribution is 2.12. The van der Waals surface area contributed by atoms with Gasteiger partial charge in [0.05, 0.1) is 12.6 Å². The van der Waals surface area contributed by atoms with Crippen molar-refractivity contribution in [3.05, 3.63) is 24.4 Å². The zero-order chi connectivity index (χ0) is 10.4. The molecule has 2 N–H and O–H groups in total. The molecule has 1 atom stereocenters. The SMILES string of the molecule is CN(c1ccccn1)C(CO)CCO. The Hall–Kier alpha value is -1.13. The van der Waals surface area contributed by atoms with Crippen molar-refractivity contribution in [2.24, 2.45) is 0 Å². The molecule has 4 heteroatoms. The van der Waals surface area contributed by atoms with Gasteiger partial charge < -0.3 is 15.1 Å². The van der Waals surface area contributed by atoms with Gasteiger partial charge in [-0.25, -0.2) is 4.98 Å². The fourth-order valence-corrected chi connectivity index (χ4v) is 1.31. The van der Waals surface area contributed by atoms with E-state index in [4.69, 9.17) is 10.2 Å². The fourth-order valence-electron chi connectivity index (χ4n) is 1.31. The highest BCUT2D eigenvalue weighted by atomic mass is 16.3. The van der Waals surface area contributed by atoms with E-state index in [0.717, 1.165) is 5.82 Å². The van der Waals surface area contributed by atoms with Crippen molar-refractivity contribution >= 4 is 5.82 Å². The molecule has 0 aliphatic carbocycles. The Bertz CT molecular complexity index is 254. The Morgan fingerprint density at radius 3 is 2.71 bits per heavy atom. The van der Waals surface area contributed by atoms with Gasteiger partial charge in [0.25, 0.3) is 0 Å². The summed E-state index contributed by atoms with van der Waals surface area (Å²) < 4.78 is 0. The van der Waals surface area contributed by atoms with Gasteiger partial charge in [-0.15, -0.1) is 0 Å². The van der Waals surface area contributed by atoms with Crippen LogP contribution in [-0.2, 0) is 0 Å². The maximum atomic E-state index is 9.11. The fraction of sp³-hybridized carbons (Fsp3) is 0.500. The zero-order valence-corrected chi connectivity index (χ0v) is 8.30. The first-order chi connectivity index (χ1) is 6.79. The normalized spacial score (nSPS) is 12.5. The maximum absolute atomic E-state index is 9.11. The molecule has 1 aromatic rings. The lowest BCUT2D eigenvalue weighted by Crippen LogP contribution is -2.36. The number of anilines is 1. The number of aliphatic hydroxyl groups is 2. The molecule has 0 radical (unpaired) electrons. The first kappa shape index (κ1) is 10.9. The van der Waals surface area contributed by atoms with E-state index in [1.54, 1.807) is 6.20 Å². The lowest BCUT2D eigenvalue weighted by molar-refractivity contribution is 0.217. The van der Waals surface area contributed by atoms with Crippen LogP contribution in [0.1, 0.15) is 6.42 Å². The van der Waals surface area contributed by atoms with E-state index in [-0.39, 0.29) is 19.3 Å². The molecule has 0 saturated carbocycles. The maximum Gasteiger partial charge on any atom is 0.128 e. The van der Waals surface area contributed by atoms with Gasteiger partial charge in [0.2, 0.25) is 0 Å². The zero-order valence-electron chi connectivity index (χ0n) is 8.30. The molecule has 0 aliphatic rings. The van der Waals surface area contributed by atoms with E-state index in [1.807, 2.05) is 30.1 Å². The van der Waals surface area contributed by atoms with Gasteiger partial charge in [-0.2, -0.15) is 0 Å². The third-order valence-corrected chi connectivity index (χ3v) is 2.23. The van der Waals surface area contributed by atoms with E-state index in [9.17, 15) is 0 Å². The summed E-state index contributed by atoms with van der Waals surface area (Å²) >= 11 is 0. The molecule has 0 spiro atoms. The van der Waals surface area contributed by atoms with Crippen molar-refractivity contribution in [3.63, 3.8) is 0 Å². The molecule has 14 heavy (non-hydrogen) atoms. The van der Waals surface area contributed by atoms with Crippen LogP contribution in [0.25, 0.3) is 0 Å². The van der Waals surface area contributed by atoms with Crippen molar-refractivity contribution in [1.29, 1.82) is 0 Å². The molecule has 0 aliphatic heterocycles. The molecule has 1 unspecified atom stereocenters. The van der Waals surface area contributed by atoms with Crippen LogP contribution in [0.3, 0.4) is 0 Å². The van der Waals surface area contributed by atoms with Crippen LogP contribution in [0.4, 0.5) is 5.82 Å². The number of aromatic nitrogens is 1. The van der Waals surface area contributed by atoms with Crippen LogP contribution in [0.15, 0.2) is 24.4 Å². The number of hydrogen-bond acceptors (Lipinski definition) is 4. The smallest absolute Gasteiger partial charge is 0.128 e. The van der Waals surface area contributed by atoms with Gasteiger partial charge in [0.1, 0.15) is 5.82 Å². The number of hydrogen-bond donors (Lipinski definition) is 2. The highest BCUT2D eigenvalue weighted by Gasteiger charge is 2.13. The van der Waals surface area contributed by atoms with Gasteiger partial charge in [-0.1, -0.05) is 6.07 Å². The van der Waals surface area contributed by atoms with Crippen molar-refractivity contribution in [2.45, 2.75) is 12.5 Å². The summed E-state index contributed by atoms with van der Waals surface area (Å²) in [5, 5.41) is 17.9. The van der Waals surface area contributed by atoms with Crippen LogP contribution in [0.2, 0.25) is 0 Å². The average molecular weight is 196 g/mol. The minimum absolute atomic E-state index is 0.0215. The molecule has 0 fully saturated rings. The number of aliphatic hydroxyl groups excluding tert-OH is 2. The molecule has 0 aromatic carbocycles. The highest BCUT2D eigenvalue weighted by molar-refractivity contribution is 5.37. The Labute approximate surface area is 83.8 Å². The Morgan fingerprint density at radius 1 is 1.43 bits per heavy atom. The Kier molecular flexibility index (Phi) is 4.35. The minimum Gasteiger partial charge on any atom is -0.396 e. The molecule has 78 valence electrons. The minimum atomic E-state index is -0.0742. The van der Waals surface area contributed by atoms with E-state index in [2.05, 4.69) is 4.98 Å². The second kappa shape index (κ2) is 5.57. The number of rotatable bonds is 5. The van der Waals surface area contributed by atoms with Crippen LogP contribution in [0, 0.1) is 0 Å². The summed E-state index contributed by atoms with van der Waals surface area (Å²) in [6, 6.07) is 5.54. The van der Waals surface area contributed by atoms with Gasteiger partial charge >= 0.3 is 0 Å². The van der Waals surface area contributed by atoms with Gasteiger partial charge in [-0.3, -0.25) is 0 Å². The molecule has 0 amide bonds. The summed E-state index contributed by atoms with van der Waals surface area (Å²) in [6.45, 7) is 0.0933. The summed E-state index contributed by atoms with van der Waals surface area (Å²) in [5.74, 6) is 0.806. The van der Waals surface area contributed by atoms with Crippen LogP contribution in [-0.4, -0.2) is 41.5 Å². The number of likely N-dealkylation sites (N-methyl/N-ethyl adjacent to an activating group) is 1. The summed E-state index contributed by atoms with van der Waals surface area (Å²) in [6.07, 6.45) is 2.25. The predicted octanol–water partition coefficient (Wildman–Crippen LogP) is 0.261. The molecule has 1 rings (SSSR count). The molecule has 0 bridgehead atoms. The monoisotopic (exact) mass is 196 g/mol. The quantitative estimate of drug-likeness (QED) is 0.709. The summed E-state index contributed by atoms with van der Waals surface area (Å²) in [5.41, 5.74) is 0. The van der Waals surface area contributed by atoms with Crippen molar-refractivity contribution < 1.29 is 10.2 Å². The molecular formula is C10H16N2O2. The van der Waals surface area contributed by atoms with E-state index in [0.29, 0.717) is 6.42 Å². The van der Waals surface area contributed by atoms with Crippen LogP contribution < -0.4 is 4.90 Å². The van der Waals surface area contributed by atoms with Crippen molar-refractivity contribution in [2.75, 3.05) is 25.2 Å². The van der Waals surface area contributed by atoms with Crippen LogP contribution >= 0.6 is 0 Å². The first-order valence-corrected chi connectivity index (χ1v) is 4.65. The first-order valence-electron chi connectivity index (χ1n) is 4.65. The lowest BCUT2D eigenvalue weighted by atomic mass is 10.2. The van der Waals surface area contributed by atoms with Gasteiger partial charge in [0, 0.05) is 19.9 Å². The summed E-state index contributed by atoms with van der Waals surface area (Å²) in [4.78, 5) is 6.03. The van der Waals surface area contributed by atoms with E-state index in [1.165, 1.54) is 0 Å². The molecular weight excluding hydrogens is 180 g/mol. The van der Waals surface area contributed by atoms with Gasteiger partial charge in [0.15, 0.2) is 0 Å². The third kappa shape index (κ3) is 2.68. The van der Waals surface area contributed by atoms with E-state index < -0.39 is 0 Å².